The van der Waals surface area contributed by atoms with Gasteiger partial charge in [0.25, 0.3) is 6.71 Å². The van der Waals surface area contributed by atoms with Crippen molar-refractivity contribution in [3.63, 3.8) is 0 Å². The van der Waals surface area contributed by atoms with Crippen molar-refractivity contribution in [2.45, 2.75) is 157 Å². The molecule has 5 heterocycles. The topological polar surface area (TPSA) is 15.8 Å². The number of aromatic nitrogens is 2. The molecule has 16 aromatic carbocycles. The Hall–Kier alpha value is -13.2. The molecule has 0 atom stereocenters. The van der Waals surface area contributed by atoms with Crippen molar-refractivity contribution in [2.24, 2.45) is 0 Å². The van der Waals surface area contributed by atoms with Gasteiger partial charge in [-0.3, -0.25) is 0 Å². The Balaban J connectivity index is 1.04. The molecule has 21 rings (SSSR count). The van der Waals surface area contributed by atoms with Crippen LogP contribution in [0.4, 0.5) is 34.1 Å². The summed E-state index contributed by atoms with van der Waals surface area (Å²) >= 11 is 0. The molecule has 0 aliphatic carbocycles. The van der Waals surface area contributed by atoms with Crippen molar-refractivity contribution >= 4 is 139 Å². The Morgan fingerprint density at radius 1 is 0.216 bits per heavy atom. The molecule has 0 fully saturated rings. The van der Waals surface area contributed by atoms with E-state index < -0.39 is 0 Å². The van der Waals surface area contributed by atoms with E-state index in [4.69, 9.17) is 0 Å². The Morgan fingerprint density at radius 2 is 0.592 bits per heavy atom. The lowest BCUT2D eigenvalue weighted by atomic mass is 9.33. The molecule has 0 saturated carbocycles. The molecule has 2 aliphatic heterocycles. The van der Waals surface area contributed by atoms with Gasteiger partial charge in [0.05, 0.1) is 44.6 Å². The first-order valence-electron chi connectivity index (χ1n) is 45.0. The van der Waals surface area contributed by atoms with E-state index >= 15 is 0 Å². The summed E-state index contributed by atoms with van der Waals surface area (Å²) in [4.78, 5) is 5.64. The van der Waals surface area contributed by atoms with E-state index in [0.717, 1.165) is 112 Å². The fourth-order valence-corrected chi connectivity index (χ4v) is 20.5. The number of fused-ring (bicyclic) bond motifs is 18. The predicted molar refractivity (Wildman–Crippen MR) is 541 cm³/mol. The molecule has 0 bridgehead atoms. The van der Waals surface area contributed by atoms with Crippen LogP contribution >= 0.6 is 0 Å². The lowest BCUT2D eigenvalue weighted by molar-refractivity contribution is 0.569. The predicted octanol–water partition coefficient (Wildman–Crippen LogP) is 31.6. The van der Waals surface area contributed by atoms with Crippen LogP contribution in [0, 0.1) is 0 Å². The van der Waals surface area contributed by atoms with Gasteiger partial charge in [-0.05, 0) is 216 Å². The molecule has 2 aliphatic rings. The van der Waals surface area contributed by atoms with Crippen molar-refractivity contribution in [3.8, 4) is 61.3 Å². The maximum Gasteiger partial charge on any atom is 0.252 e. The van der Waals surface area contributed by atoms with Gasteiger partial charge in [0.1, 0.15) is 0 Å². The minimum atomic E-state index is -0.360. The molecule has 0 unspecified atom stereocenters. The normalized spacial score (nSPS) is 13.3. The van der Waals surface area contributed by atoms with E-state index in [1.165, 1.54) is 115 Å². The summed E-state index contributed by atoms with van der Waals surface area (Å²) in [6.45, 7) is 42.3. The van der Waals surface area contributed by atoms with Gasteiger partial charge in [-0.1, -0.05) is 379 Å². The summed E-state index contributed by atoms with van der Waals surface area (Å²) in [5, 5.41) is 11.9. The summed E-state index contributed by atoms with van der Waals surface area (Å²) in [5.74, 6) is 0. The van der Waals surface area contributed by atoms with Gasteiger partial charge in [0.2, 0.25) is 0 Å². The molecule has 0 amide bonds. The van der Waals surface area contributed by atoms with Crippen LogP contribution in [0.1, 0.15) is 158 Å². The highest BCUT2D eigenvalue weighted by atomic mass is 15.2. The van der Waals surface area contributed by atoms with Gasteiger partial charge in [-0.15, -0.1) is 0 Å². The van der Waals surface area contributed by atoms with Gasteiger partial charge in [0.15, 0.2) is 0 Å². The summed E-state index contributed by atoms with van der Waals surface area (Å²) in [6, 6.07) is 131. The molecule has 612 valence electrons. The van der Waals surface area contributed by atoms with Crippen LogP contribution in [0.3, 0.4) is 0 Å². The lowest BCUT2D eigenvalue weighted by Gasteiger charge is -2.46. The Labute approximate surface area is 737 Å². The van der Waals surface area contributed by atoms with Crippen molar-refractivity contribution in [2.75, 3.05) is 9.80 Å². The van der Waals surface area contributed by atoms with Gasteiger partial charge in [0, 0.05) is 77.3 Å². The number of hydrogen-bond donors (Lipinski definition) is 0. The average Bonchev–Trinajstić information content (AvgIpc) is 1.58. The molecular formula is C120H109BN4. The first-order chi connectivity index (χ1) is 59.8. The minimum Gasteiger partial charge on any atom is -0.310 e. The van der Waals surface area contributed by atoms with E-state index in [-0.39, 0.29) is 39.2 Å². The number of benzene rings is 16. The molecule has 5 heteroatoms. The largest absolute Gasteiger partial charge is 0.310 e. The van der Waals surface area contributed by atoms with Gasteiger partial charge >= 0.3 is 0 Å². The fourth-order valence-electron chi connectivity index (χ4n) is 20.5. The maximum atomic E-state index is 2.84. The van der Waals surface area contributed by atoms with E-state index in [9.17, 15) is 0 Å². The Kier molecular flexibility index (Phi) is 18.1. The van der Waals surface area contributed by atoms with Crippen LogP contribution in [0.5, 0.6) is 0 Å². The van der Waals surface area contributed by atoms with Crippen molar-refractivity contribution in [3.05, 3.63) is 367 Å². The van der Waals surface area contributed by atoms with E-state index in [1.807, 2.05) is 0 Å². The quantitative estimate of drug-likeness (QED) is 0.141. The molecule has 3 aromatic heterocycles. The van der Waals surface area contributed by atoms with Crippen LogP contribution in [-0.2, 0) is 32.5 Å². The highest BCUT2D eigenvalue weighted by molar-refractivity contribution is 7.00. The minimum absolute atomic E-state index is 0.0925. The number of hydrogen-bond acceptors (Lipinski definition) is 2. The summed E-state index contributed by atoms with van der Waals surface area (Å²) in [5.41, 5.74) is 35.5. The third-order valence-corrected chi connectivity index (χ3v) is 27.3. The van der Waals surface area contributed by atoms with Crippen LogP contribution in [0.2, 0.25) is 0 Å². The highest BCUT2D eigenvalue weighted by Crippen LogP contribution is 2.59. The van der Waals surface area contributed by atoms with Crippen molar-refractivity contribution in [1.82, 2.24) is 8.97 Å². The molecule has 0 radical (unpaired) electrons. The zero-order chi connectivity index (χ0) is 86.4. The number of para-hydroxylation sites is 2. The summed E-state index contributed by atoms with van der Waals surface area (Å²) < 4.78 is 5.31. The van der Waals surface area contributed by atoms with Crippen molar-refractivity contribution in [1.29, 1.82) is 0 Å². The fraction of sp³-hybridized carbons (Fsp3) is 0.200. The number of anilines is 6. The Bertz CT molecular complexity index is 7460. The Morgan fingerprint density at radius 3 is 1.05 bits per heavy atom. The zero-order valence-electron chi connectivity index (χ0n) is 75.6. The first-order valence-corrected chi connectivity index (χ1v) is 45.0. The smallest absolute Gasteiger partial charge is 0.252 e. The van der Waals surface area contributed by atoms with Crippen molar-refractivity contribution < 1.29 is 0 Å². The molecule has 0 saturated heterocycles. The van der Waals surface area contributed by atoms with Gasteiger partial charge in [-0.25, -0.2) is 0 Å². The summed E-state index contributed by atoms with van der Waals surface area (Å²) in [6.07, 6.45) is 0. The number of nitrogens with zero attached hydrogens (tertiary/aromatic N) is 4. The molecule has 125 heavy (non-hydrogen) atoms. The molecule has 19 aromatic rings. The molecule has 0 N–H and O–H groups in total. The van der Waals surface area contributed by atoms with Crippen LogP contribution in [0.15, 0.2) is 334 Å². The van der Waals surface area contributed by atoms with Crippen LogP contribution in [-0.4, -0.2) is 15.7 Å². The second-order valence-corrected chi connectivity index (χ2v) is 41.7. The number of rotatable bonds is 8. The van der Waals surface area contributed by atoms with E-state index in [2.05, 4.69) is 477 Å². The monoisotopic (exact) mass is 1620 g/mol. The second kappa shape index (κ2) is 28.7. The molecule has 0 spiro atoms. The van der Waals surface area contributed by atoms with Crippen LogP contribution < -0.4 is 26.2 Å². The third kappa shape index (κ3) is 13.0. The average molecular weight is 1620 g/mol. The molecule has 4 nitrogen and oxygen atoms in total. The lowest BCUT2D eigenvalue weighted by Crippen LogP contribution is -2.61. The highest BCUT2D eigenvalue weighted by Gasteiger charge is 2.48. The zero-order valence-corrected chi connectivity index (χ0v) is 75.6. The van der Waals surface area contributed by atoms with E-state index in [0.29, 0.717) is 0 Å². The maximum absolute atomic E-state index is 2.84. The molecular weight excluding hydrogens is 1510 g/mol. The summed E-state index contributed by atoms with van der Waals surface area (Å²) in [7, 11) is 0. The third-order valence-electron chi connectivity index (χ3n) is 27.3. The first kappa shape index (κ1) is 79.0. The van der Waals surface area contributed by atoms with E-state index in [1.54, 1.807) is 0 Å². The SMILES string of the molecule is CC(C)(C)c1cc(-c2ccc3c(c2)N(c2c(-c4ccccc4)cc(C(C)(C)C)cc2-c2ccccc2)c2c4c(cc5c2c2cccc6c7ccccc7c7ccccc7c7ccccc7n5c62)N(c2c(-c5ccccc5)cc(C(C)(C)C)cc2-c2ccccc2)c2cc(-n5c6ccc(C(C)(C)C)cc6c6cc(C(C)(C)C)ccc65)ccc2B34)cc(C(C)(C)C)c1. The standard InChI is InChI=1S/C120H109BN4/c1-115(2,3)80-55-60-103-98(66-80)99-67-81(116(4,5)6)56-61-104(99)122(103)86-57-59-101-106(72-86)124(112-94(74-38-23-19-24-39-74)68-84(119(13,14)15)69-95(112)75-40-25-20-26-41-75)108-73-107-109(93-52-37-51-92-90-49-34-32-47-88(90)87-46-31-33-48-89(87)91-50-35-36-53-102(91)123(107)111(92)93)114-110(108)121(101)100-58-54-78(79-62-82(117(7,8)9)65-83(63-79)118(10,11)12)64-105(100)125(114)113-96(76-42-27-21-28-43-76)70-85(120(16,17)18)71-97(113)77-44-29-22-30-45-77/h19-73H,1-18H3. The second-order valence-electron chi connectivity index (χ2n) is 41.7. The van der Waals surface area contributed by atoms with Gasteiger partial charge < -0.3 is 18.8 Å². The van der Waals surface area contributed by atoms with Crippen LogP contribution in [0.25, 0.3) is 143 Å². The van der Waals surface area contributed by atoms with Gasteiger partial charge in [-0.2, -0.15) is 0 Å².